The van der Waals surface area contributed by atoms with Crippen molar-refractivity contribution in [3.63, 3.8) is 0 Å². The van der Waals surface area contributed by atoms with Crippen molar-refractivity contribution in [3.05, 3.63) is 35.9 Å². The van der Waals surface area contributed by atoms with Crippen LogP contribution in [-0.2, 0) is 11.3 Å². The molecule has 0 saturated carbocycles. The number of ether oxygens (including phenoxy) is 1. The largest absolute Gasteiger partial charge is 0.358 e. The molecule has 0 aromatic heterocycles. The molecule has 1 rings (SSSR count). The van der Waals surface area contributed by atoms with E-state index < -0.39 is 0 Å². The summed E-state index contributed by atoms with van der Waals surface area (Å²) in [5.74, 6) is 0. The number of hydrogen-bond acceptors (Lipinski definition) is 2. The molecule has 0 amide bonds. The lowest BCUT2D eigenvalue weighted by Gasteiger charge is -2.24. The molecule has 0 N–H and O–H groups in total. The van der Waals surface area contributed by atoms with E-state index in [1.54, 1.807) is 0 Å². The van der Waals surface area contributed by atoms with Gasteiger partial charge in [0.2, 0.25) is 0 Å². The third-order valence-electron chi connectivity index (χ3n) is 2.16. The summed E-state index contributed by atoms with van der Waals surface area (Å²) in [4.78, 5) is 0. The highest BCUT2D eigenvalue weighted by atomic mass is 16.5. The number of benzene rings is 1. The van der Waals surface area contributed by atoms with Crippen molar-refractivity contribution in [2.24, 2.45) is 5.41 Å². The maximum absolute atomic E-state index is 8.96. The van der Waals surface area contributed by atoms with Gasteiger partial charge in [-0.3, -0.25) is 0 Å². The zero-order chi connectivity index (χ0) is 11.3. The van der Waals surface area contributed by atoms with E-state index in [9.17, 15) is 0 Å². The lowest BCUT2D eigenvalue weighted by molar-refractivity contribution is 0.00925. The summed E-state index contributed by atoms with van der Waals surface area (Å²) in [6.07, 6.45) is -0.363. The Labute approximate surface area is 91.5 Å². The van der Waals surface area contributed by atoms with Crippen molar-refractivity contribution in [1.29, 1.82) is 5.26 Å². The Bertz CT molecular complexity index is 332. The molecule has 0 aliphatic rings. The molecule has 0 bridgehead atoms. The van der Waals surface area contributed by atoms with Crippen molar-refractivity contribution in [2.75, 3.05) is 0 Å². The summed E-state index contributed by atoms with van der Waals surface area (Å²) in [5.41, 5.74) is 0.964. The Kier molecular flexibility index (Phi) is 3.88. The molecule has 15 heavy (non-hydrogen) atoms. The van der Waals surface area contributed by atoms with Gasteiger partial charge in [0.05, 0.1) is 12.7 Å². The Morgan fingerprint density at radius 1 is 1.27 bits per heavy atom. The van der Waals surface area contributed by atoms with Gasteiger partial charge in [-0.2, -0.15) is 5.26 Å². The highest BCUT2D eigenvalue weighted by molar-refractivity contribution is 5.13. The lowest BCUT2D eigenvalue weighted by Crippen LogP contribution is -2.27. The molecular weight excluding hydrogens is 186 g/mol. The molecule has 0 aliphatic carbocycles. The third kappa shape index (κ3) is 3.73. The van der Waals surface area contributed by atoms with Crippen LogP contribution in [0.4, 0.5) is 0 Å². The second kappa shape index (κ2) is 4.95. The van der Waals surface area contributed by atoms with Gasteiger partial charge < -0.3 is 4.74 Å². The molecule has 2 heteroatoms. The molecule has 1 unspecified atom stereocenters. The van der Waals surface area contributed by atoms with E-state index in [1.807, 2.05) is 51.1 Å². The summed E-state index contributed by atoms with van der Waals surface area (Å²) < 4.78 is 5.58. The van der Waals surface area contributed by atoms with Gasteiger partial charge in [-0.15, -0.1) is 0 Å². The van der Waals surface area contributed by atoms with Crippen LogP contribution >= 0.6 is 0 Å². The van der Waals surface area contributed by atoms with Gasteiger partial charge in [-0.1, -0.05) is 51.1 Å². The van der Waals surface area contributed by atoms with Crippen LogP contribution in [0.3, 0.4) is 0 Å². The molecule has 1 aromatic carbocycles. The van der Waals surface area contributed by atoms with Gasteiger partial charge >= 0.3 is 0 Å². The number of nitriles is 1. The summed E-state index contributed by atoms with van der Waals surface area (Å²) >= 11 is 0. The van der Waals surface area contributed by atoms with Gasteiger partial charge in [0.15, 0.2) is 0 Å². The molecule has 0 spiro atoms. The summed E-state index contributed by atoms with van der Waals surface area (Å²) in [7, 11) is 0. The van der Waals surface area contributed by atoms with Crippen LogP contribution in [0.2, 0.25) is 0 Å². The van der Waals surface area contributed by atoms with Crippen LogP contribution in [0, 0.1) is 16.7 Å². The van der Waals surface area contributed by atoms with Gasteiger partial charge in [-0.25, -0.2) is 0 Å². The molecular formula is C13H17NO. The molecule has 1 aromatic rings. The van der Waals surface area contributed by atoms with Crippen LogP contribution in [0.1, 0.15) is 26.3 Å². The predicted molar refractivity (Wildman–Crippen MR) is 60.1 cm³/mol. The Balaban J connectivity index is 2.54. The van der Waals surface area contributed by atoms with Crippen LogP contribution in [0.15, 0.2) is 30.3 Å². The maximum Gasteiger partial charge on any atom is 0.149 e. The summed E-state index contributed by atoms with van der Waals surface area (Å²) in [6.45, 7) is 6.51. The highest BCUT2D eigenvalue weighted by Gasteiger charge is 2.24. The maximum atomic E-state index is 8.96. The Morgan fingerprint density at radius 3 is 2.33 bits per heavy atom. The fourth-order valence-electron chi connectivity index (χ4n) is 1.23. The van der Waals surface area contributed by atoms with E-state index in [0.717, 1.165) is 5.56 Å². The lowest BCUT2D eigenvalue weighted by atomic mass is 9.90. The predicted octanol–water partition coefficient (Wildman–Crippen LogP) is 3.14. The van der Waals surface area contributed by atoms with E-state index in [2.05, 4.69) is 6.07 Å². The third-order valence-corrected chi connectivity index (χ3v) is 2.16. The second-order valence-corrected chi connectivity index (χ2v) is 4.67. The standard InChI is InChI=1S/C13H17NO/c1-13(2,3)12(9-14)15-10-11-7-5-4-6-8-11/h4-8,12H,10H2,1-3H3. The molecule has 80 valence electrons. The monoisotopic (exact) mass is 203 g/mol. The van der Waals surface area contributed by atoms with Crippen molar-refractivity contribution in [3.8, 4) is 6.07 Å². The highest BCUT2D eigenvalue weighted by Crippen LogP contribution is 2.22. The van der Waals surface area contributed by atoms with E-state index >= 15 is 0 Å². The van der Waals surface area contributed by atoms with E-state index in [-0.39, 0.29) is 11.5 Å². The minimum Gasteiger partial charge on any atom is -0.358 e. The molecule has 1 atom stereocenters. The number of rotatable bonds is 3. The van der Waals surface area contributed by atoms with Gasteiger partial charge in [-0.05, 0) is 5.56 Å². The van der Waals surface area contributed by atoms with Crippen molar-refractivity contribution in [2.45, 2.75) is 33.5 Å². The summed E-state index contributed by atoms with van der Waals surface area (Å²) in [5, 5.41) is 8.96. The fourth-order valence-corrected chi connectivity index (χ4v) is 1.23. The molecule has 0 fully saturated rings. The second-order valence-electron chi connectivity index (χ2n) is 4.67. The zero-order valence-corrected chi connectivity index (χ0v) is 9.53. The molecule has 0 saturated heterocycles. The van der Waals surface area contributed by atoms with E-state index in [4.69, 9.17) is 10.00 Å². The normalized spacial score (nSPS) is 13.2. The molecule has 2 nitrogen and oxygen atoms in total. The fraction of sp³-hybridized carbons (Fsp3) is 0.462. The average Bonchev–Trinajstić information content (AvgIpc) is 2.18. The number of hydrogen-bond donors (Lipinski definition) is 0. The van der Waals surface area contributed by atoms with E-state index in [1.165, 1.54) is 0 Å². The van der Waals surface area contributed by atoms with Crippen LogP contribution in [-0.4, -0.2) is 6.10 Å². The first kappa shape index (κ1) is 11.7. The topological polar surface area (TPSA) is 33.0 Å². The quantitative estimate of drug-likeness (QED) is 0.756. The van der Waals surface area contributed by atoms with Crippen LogP contribution < -0.4 is 0 Å². The Morgan fingerprint density at radius 2 is 1.87 bits per heavy atom. The molecule has 0 heterocycles. The number of nitrogens with zero attached hydrogens (tertiary/aromatic N) is 1. The first-order chi connectivity index (χ1) is 7.04. The smallest absolute Gasteiger partial charge is 0.149 e. The molecule has 0 aliphatic heterocycles. The van der Waals surface area contributed by atoms with Gasteiger partial charge in [0.1, 0.15) is 6.10 Å². The van der Waals surface area contributed by atoms with Crippen molar-refractivity contribution >= 4 is 0 Å². The molecule has 0 radical (unpaired) electrons. The average molecular weight is 203 g/mol. The zero-order valence-electron chi connectivity index (χ0n) is 9.53. The van der Waals surface area contributed by atoms with Crippen LogP contribution in [0.25, 0.3) is 0 Å². The van der Waals surface area contributed by atoms with Crippen LogP contribution in [0.5, 0.6) is 0 Å². The first-order valence-corrected chi connectivity index (χ1v) is 5.09. The van der Waals surface area contributed by atoms with Gasteiger partial charge in [0.25, 0.3) is 0 Å². The van der Waals surface area contributed by atoms with Gasteiger partial charge in [0, 0.05) is 5.41 Å². The Hall–Kier alpha value is -1.33. The summed E-state index contributed by atoms with van der Waals surface area (Å²) in [6, 6.07) is 12.1. The van der Waals surface area contributed by atoms with E-state index in [0.29, 0.717) is 6.61 Å². The SMILES string of the molecule is CC(C)(C)C(C#N)OCc1ccccc1. The minimum atomic E-state index is -0.363. The van der Waals surface area contributed by atoms with Crippen molar-refractivity contribution in [1.82, 2.24) is 0 Å². The van der Waals surface area contributed by atoms with Crippen molar-refractivity contribution < 1.29 is 4.74 Å². The first-order valence-electron chi connectivity index (χ1n) is 5.09. The minimum absolute atomic E-state index is 0.135.